The highest BCUT2D eigenvalue weighted by atomic mass is 16.3. The van der Waals surface area contributed by atoms with Crippen molar-refractivity contribution in [3.63, 3.8) is 0 Å². The number of furan rings is 1. The van der Waals surface area contributed by atoms with Gasteiger partial charge in [0.05, 0.1) is 12.5 Å². The van der Waals surface area contributed by atoms with E-state index in [0.29, 0.717) is 10.8 Å². The molecule has 0 amide bonds. The van der Waals surface area contributed by atoms with Gasteiger partial charge in [-0.3, -0.25) is 0 Å². The molecular formula is C20H30O. The molecule has 1 aromatic heterocycles. The standard InChI is InChI=1S/C20H30O/c1-15-6-9-18-19(2,3)11-5-12-20(18,4)17(15)8-7-16-10-13-21-14-16/h6,10,13-14,17-18H,5,7-9,11-12H2,1-4H3/t17-,18-,20-/m1/s1. The van der Waals surface area contributed by atoms with E-state index in [2.05, 4.69) is 39.8 Å². The maximum absolute atomic E-state index is 5.23. The minimum Gasteiger partial charge on any atom is -0.472 e. The van der Waals surface area contributed by atoms with Crippen molar-refractivity contribution in [1.29, 1.82) is 0 Å². The summed E-state index contributed by atoms with van der Waals surface area (Å²) in [7, 11) is 0. The van der Waals surface area contributed by atoms with Gasteiger partial charge in [-0.1, -0.05) is 38.8 Å². The van der Waals surface area contributed by atoms with Crippen molar-refractivity contribution in [3.05, 3.63) is 35.8 Å². The largest absolute Gasteiger partial charge is 0.472 e. The molecule has 1 nitrogen and oxygen atoms in total. The van der Waals surface area contributed by atoms with Gasteiger partial charge in [-0.05, 0) is 73.3 Å². The van der Waals surface area contributed by atoms with Gasteiger partial charge >= 0.3 is 0 Å². The molecule has 0 N–H and O–H groups in total. The van der Waals surface area contributed by atoms with Crippen LogP contribution in [0, 0.1) is 22.7 Å². The Balaban J connectivity index is 1.83. The third-order valence-corrected chi connectivity index (χ3v) is 6.60. The first-order chi connectivity index (χ1) is 9.93. The van der Waals surface area contributed by atoms with Gasteiger partial charge in [0.2, 0.25) is 0 Å². The number of allylic oxidation sites excluding steroid dienone is 2. The highest BCUT2D eigenvalue weighted by Crippen LogP contribution is 2.60. The Hall–Kier alpha value is -0.980. The molecule has 1 fully saturated rings. The first-order valence-corrected chi connectivity index (χ1v) is 8.61. The molecule has 0 aromatic carbocycles. The van der Waals surface area contributed by atoms with Crippen LogP contribution in [0.3, 0.4) is 0 Å². The molecule has 0 saturated heterocycles. The summed E-state index contributed by atoms with van der Waals surface area (Å²) in [5.74, 6) is 1.59. The number of aryl methyl sites for hydroxylation is 1. The molecule has 21 heavy (non-hydrogen) atoms. The molecule has 0 bridgehead atoms. The SMILES string of the molecule is CC1=CC[C@@H]2C(C)(C)CCC[C@]2(C)[C@@H]1CCc1ccoc1. The molecule has 0 unspecified atom stereocenters. The van der Waals surface area contributed by atoms with Crippen LogP contribution >= 0.6 is 0 Å². The average Bonchev–Trinajstić information content (AvgIpc) is 2.90. The van der Waals surface area contributed by atoms with E-state index in [1.54, 1.807) is 11.8 Å². The van der Waals surface area contributed by atoms with Crippen molar-refractivity contribution in [3.8, 4) is 0 Å². The van der Waals surface area contributed by atoms with E-state index in [4.69, 9.17) is 4.42 Å². The normalized spacial score (nSPS) is 35.1. The zero-order valence-corrected chi connectivity index (χ0v) is 14.1. The lowest BCUT2D eigenvalue weighted by Gasteiger charge is -2.57. The molecule has 116 valence electrons. The third kappa shape index (κ3) is 2.60. The second-order valence-corrected chi connectivity index (χ2v) is 8.31. The summed E-state index contributed by atoms with van der Waals surface area (Å²) >= 11 is 0. The van der Waals surface area contributed by atoms with Crippen LogP contribution in [0.2, 0.25) is 0 Å². The summed E-state index contributed by atoms with van der Waals surface area (Å²) in [6, 6.07) is 2.12. The lowest BCUT2D eigenvalue weighted by atomic mass is 9.48. The van der Waals surface area contributed by atoms with Gasteiger partial charge in [0.1, 0.15) is 0 Å². The molecular weight excluding hydrogens is 256 g/mol. The van der Waals surface area contributed by atoms with Crippen molar-refractivity contribution >= 4 is 0 Å². The van der Waals surface area contributed by atoms with Crippen molar-refractivity contribution in [2.45, 2.75) is 66.2 Å². The van der Waals surface area contributed by atoms with Gasteiger partial charge in [0, 0.05) is 0 Å². The fraction of sp³-hybridized carbons (Fsp3) is 0.700. The maximum atomic E-state index is 5.23. The summed E-state index contributed by atoms with van der Waals surface area (Å²) in [5.41, 5.74) is 3.97. The molecule has 1 aromatic rings. The highest BCUT2D eigenvalue weighted by molar-refractivity contribution is 5.19. The van der Waals surface area contributed by atoms with E-state index in [0.717, 1.165) is 18.3 Å². The van der Waals surface area contributed by atoms with Gasteiger partial charge in [-0.15, -0.1) is 0 Å². The lowest BCUT2D eigenvalue weighted by Crippen LogP contribution is -2.48. The Morgan fingerprint density at radius 1 is 1.24 bits per heavy atom. The number of fused-ring (bicyclic) bond motifs is 1. The molecule has 0 aliphatic heterocycles. The predicted molar refractivity (Wildman–Crippen MR) is 88.1 cm³/mol. The molecule has 3 rings (SSSR count). The highest BCUT2D eigenvalue weighted by Gasteiger charge is 2.51. The summed E-state index contributed by atoms with van der Waals surface area (Å²) in [6.07, 6.45) is 14.2. The van der Waals surface area contributed by atoms with E-state index in [1.807, 2.05) is 6.26 Å². The van der Waals surface area contributed by atoms with Gasteiger partial charge in [-0.2, -0.15) is 0 Å². The Morgan fingerprint density at radius 3 is 2.76 bits per heavy atom. The second-order valence-electron chi connectivity index (χ2n) is 8.31. The minimum atomic E-state index is 0.490. The number of rotatable bonds is 3. The van der Waals surface area contributed by atoms with Crippen LogP contribution in [0.25, 0.3) is 0 Å². The van der Waals surface area contributed by atoms with Gasteiger partial charge in [-0.25, -0.2) is 0 Å². The van der Waals surface area contributed by atoms with E-state index >= 15 is 0 Å². The van der Waals surface area contributed by atoms with Crippen LogP contribution in [-0.2, 0) is 6.42 Å². The smallest absolute Gasteiger partial charge is 0.0934 e. The predicted octanol–water partition coefficient (Wildman–Crippen LogP) is 6.01. The van der Waals surface area contributed by atoms with Crippen molar-refractivity contribution in [1.82, 2.24) is 0 Å². The summed E-state index contributed by atoms with van der Waals surface area (Å²) in [6.45, 7) is 9.94. The maximum Gasteiger partial charge on any atom is 0.0934 e. The topological polar surface area (TPSA) is 13.1 Å². The molecule has 3 atom stereocenters. The van der Waals surface area contributed by atoms with Crippen molar-refractivity contribution in [2.24, 2.45) is 22.7 Å². The van der Waals surface area contributed by atoms with Crippen LogP contribution in [0.15, 0.2) is 34.7 Å². The lowest BCUT2D eigenvalue weighted by molar-refractivity contribution is -0.0390. The first kappa shape index (κ1) is 14.9. The molecule has 0 radical (unpaired) electrons. The summed E-state index contributed by atoms with van der Waals surface area (Å²) in [4.78, 5) is 0. The fourth-order valence-electron chi connectivity index (χ4n) is 5.44. The second kappa shape index (κ2) is 5.34. The van der Waals surface area contributed by atoms with Crippen LogP contribution in [0.5, 0.6) is 0 Å². The van der Waals surface area contributed by atoms with E-state index < -0.39 is 0 Å². The first-order valence-electron chi connectivity index (χ1n) is 8.61. The Bertz CT molecular complexity index is 508. The van der Waals surface area contributed by atoms with Crippen LogP contribution in [0.4, 0.5) is 0 Å². The van der Waals surface area contributed by atoms with Gasteiger partial charge in [0.25, 0.3) is 0 Å². The van der Waals surface area contributed by atoms with E-state index in [9.17, 15) is 0 Å². The molecule has 0 spiro atoms. The zero-order valence-electron chi connectivity index (χ0n) is 14.1. The van der Waals surface area contributed by atoms with Gasteiger partial charge < -0.3 is 4.42 Å². The minimum absolute atomic E-state index is 0.490. The molecule has 1 heteroatoms. The third-order valence-electron chi connectivity index (χ3n) is 6.60. The summed E-state index contributed by atoms with van der Waals surface area (Å²) in [5, 5.41) is 0. The monoisotopic (exact) mass is 286 g/mol. The molecule has 2 aliphatic rings. The number of hydrogen-bond acceptors (Lipinski definition) is 1. The van der Waals surface area contributed by atoms with E-state index in [-0.39, 0.29) is 0 Å². The Kier molecular flexibility index (Phi) is 3.80. The van der Waals surface area contributed by atoms with Crippen LogP contribution in [0.1, 0.15) is 65.4 Å². The fourth-order valence-corrected chi connectivity index (χ4v) is 5.44. The Labute approximate surface area is 129 Å². The summed E-state index contributed by atoms with van der Waals surface area (Å²) < 4.78 is 5.23. The molecule has 1 saturated carbocycles. The number of hydrogen-bond donors (Lipinski definition) is 0. The Morgan fingerprint density at radius 2 is 2.05 bits per heavy atom. The molecule has 1 heterocycles. The average molecular weight is 286 g/mol. The quantitative estimate of drug-likeness (QED) is 0.620. The van der Waals surface area contributed by atoms with Crippen molar-refractivity contribution < 1.29 is 4.42 Å². The van der Waals surface area contributed by atoms with Crippen molar-refractivity contribution in [2.75, 3.05) is 0 Å². The molecule has 2 aliphatic carbocycles. The van der Waals surface area contributed by atoms with Crippen LogP contribution < -0.4 is 0 Å². The van der Waals surface area contributed by atoms with Crippen LogP contribution in [-0.4, -0.2) is 0 Å². The van der Waals surface area contributed by atoms with E-state index in [1.165, 1.54) is 37.7 Å². The zero-order chi connectivity index (χ0) is 15.1. The van der Waals surface area contributed by atoms with Gasteiger partial charge in [0.15, 0.2) is 0 Å².